The summed E-state index contributed by atoms with van der Waals surface area (Å²) in [7, 11) is 1.59. The summed E-state index contributed by atoms with van der Waals surface area (Å²) >= 11 is 1.22. The van der Waals surface area contributed by atoms with E-state index in [1.807, 2.05) is 38.1 Å². The molecule has 5 rings (SSSR count). The van der Waals surface area contributed by atoms with Crippen molar-refractivity contribution in [2.45, 2.75) is 26.1 Å². The van der Waals surface area contributed by atoms with Gasteiger partial charge in [-0.05, 0) is 66.1 Å². The van der Waals surface area contributed by atoms with Gasteiger partial charge in [-0.25, -0.2) is 14.5 Å². The number of carbonyl (C=O) groups excluding carboxylic acids is 2. The lowest BCUT2D eigenvalue weighted by Gasteiger charge is -2.22. The third-order valence-electron chi connectivity index (χ3n) is 6.38. The molecule has 0 bridgehead atoms. The van der Waals surface area contributed by atoms with Crippen molar-refractivity contribution in [3.63, 3.8) is 0 Å². The number of nitrogens with zero attached hydrogens (tertiary/aromatic N) is 6. The van der Waals surface area contributed by atoms with E-state index < -0.39 is 12.4 Å². The largest absolute Gasteiger partial charge is 0.573 e. The summed E-state index contributed by atoms with van der Waals surface area (Å²) in [6.45, 7) is 4.08. The Bertz CT molecular complexity index is 1640. The minimum Gasteiger partial charge on any atom is -0.406 e. The number of hydrogen-bond donors (Lipinski definition) is 0. The molecule has 9 nitrogen and oxygen atoms in total. The van der Waals surface area contributed by atoms with Gasteiger partial charge in [0.2, 0.25) is 5.91 Å². The van der Waals surface area contributed by atoms with E-state index in [0.29, 0.717) is 27.9 Å². The quantitative estimate of drug-likeness (QED) is 0.248. The van der Waals surface area contributed by atoms with E-state index in [2.05, 4.69) is 19.8 Å². The van der Waals surface area contributed by atoms with Gasteiger partial charge in [0, 0.05) is 18.3 Å². The summed E-state index contributed by atoms with van der Waals surface area (Å²) in [5.41, 5.74) is 3.43. The second-order valence-corrected chi connectivity index (χ2v) is 10.5. The Kier molecular flexibility index (Phi) is 8.03. The number of anilines is 2. The predicted octanol–water partition coefficient (Wildman–Crippen LogP) is 6.65. The van der Waals surface area contributed by atoms with E-state index in [1.165, 1.54) is 56.8 Å². The van der Waals surface area contributed by atoms with Gasteiger partial charge >= 0.3 is 12.4 Å². The highest BCUT2D eigenvalue weighted by Crippen LogP contribution is 2.33. The van der Waals surface area contributed by atoms with E-state index in [0.717, 1.165) is 11.3 Å². The van der Waals surface area contributed by atoms with E-state index >= 15 is 0 Å². The smallest absolute Gasteiger partial charge is 0.406 e. The Morgan fingerprint density at radius 3 is 2.40 bits per heavy atom. The molecule has 0 unspecified atom stereocenters. The Morgan fingerprint density at radius 1 is 1.05 bits per heavy atom. The molecule has 3 amide bonds. The van der Waals surface area contributed by atoms with Crippen molar-refractivity contribution < 1.29 is 27.5 Å². The van der Waals surface area contributed by atoms with Gasteiger partial charge in [0.25, 0.3) is 0 Å². The average Bonchev–Trinajstić information content (AvgIpc) is 3.59. The van der Waals surface area contributed by atoms with Crippen LogP contribution in [-0.2, 0) is 4.79 Å². The SMILES string of the molecule is CC(C)c1ccccc1N1C(=O)CSC1=NC(=O)N(C)c1ccc(-c2ncn(-c3ccc(OC(F)(F)F)cc3)n2)cc1. The first-order valence-corrected chi connectivity index (χ1v) is 13.8. The predicted molar refractivity (Wildman–Crippen MR) is 155 cm³/mol. The molecule has 1 aliphatic heterocycles. The number of ether oxygens (including phenoxy) is 1. The minimum absolute atomic E-state index is 0.135. The van der Waals surface area contributed by atoms with Gasteiger partial charge in [0.1, 0.15) is 12.1 Å². The summed E-state index contributed by atoms with van der Waals surface area (Å²) in [5.74, 6) is 0.285. The molecule has 0 aliphatic carbocycles. The summed E-state index contributed by atoms with van der Waals surface area (Å²) < 4.78 is 42.5. The number of urea groups is 1. The number of para-hydroxylation sites is 1. The lowest BCUT2D eigenvalue weighted by Crippen LogP contribution is -2.32. The van der Waals surface area contributed by atoms with Crippen molar-refractivity contribution in [1.29, 1.82) is 0 Å². The number of aromatic nitrogens is 3. The normalized spacial score (nSPS) is 14.6. The average molecular weight is 595 g/mol. The molecular formula is C29H25F3N6O3S. The van der Waals surface area contributed by atoms with Crippen molar-refractivity contribution in [3.05, 3.63) is 84.7 Å². The van der Waals surface area contributed by atoms with Gasteiger partial charge in [-0.1, -0.05) is 43.8 Å². The third kappa shape index (κ3) is 6.30. The van der Waals surface area contributed by atoms with Gasteiger partial charge in [0.15, 0.2) is 11.0 Å². The zero-order valence-electron chi connectivity index (χ0n) is 22.7. The fraction of sp³-hybridized carbons (Fsp3) is 0.207. The van der Waals surface area contributed by atoms with Crippen LogP contribution in [0.1, 0.15) is 25.3 Å². The molecule has 0 spiro atoms. The number of carbonyl (C=O) groups is 2. The first-order valence-electron chi connectivity index (χ1n) is 12.8. The Balaban J connectivity index is 1.30. The highest BCUT2D eigenvalue weighted by atomic mass is 32.2. The lowest BCUT2D eigenvalue weighted by atomic mass is 10.0. The van der Waals surface area contributed by atoms with Crippen LogP contribution in [0.15, 0.2) is 84.1 Å². The van der Waals surface area contributed by atoms with Gasteiger partial charge in [-0.15, -0.1) is 18.3 Å². The lowest BCUT2D eigenvalue weighted by molar-refractivity contribution is -0.274. The molecule has 42 heavy (non-hydrogen) atoms. The first-order chi connectivity index (χ1) is 20.0. The van der Waals surface area contributed by atoms with Crippen LogP contribution in [0.2, 0.25) is 0 Å². The molecule has 0 N–H and O–H groups in total. The Labute approximate surface area is 243 Å². The van der Waals surface area contributed by atoms with Gasteiger partial charge in [0.05, 0.1) is 17.1 Å². The Morgan fingerprint density at radius 2 is 1.74 bits per heavy atom. The number of alkyl halides is 3. The summed E-state index contributed by atoms with van der Waals surface area (Å²) in [4.78, 5) is 37.3. The second kappa shape index (κ2) is 11.7. The molecule has 2 heterocycles. The van der Waals surface area contributed by atoms with Crippen LogP contribution in [0.4, 0.5) is 29.3 Å². The standard InChI is InChI=1S/C29H25F3N6O3S/c1-18(2)23-6-4-5-7-24(23)38-25(39)16-42-28(38)34-27(40)36(3)20-10-8-19(9-11-20)26-33-17-37(35-26)21-12-14-22(15-13-21)41-29(30,31)32/h4-15,17-18H,16H2,1-3H3. The molecule has 216 valence electrons. The first kappa shape index (κ1) is 28.9. The fourth-order valence-electron chi connectivity index (χ4n) is 4.28. The van der Waals surface area contributed by atoms with Crippen LogP contribution in [0, 0.1) is 0 Å². The summed E-state index contributed by atoms with van der Waals surface area (Å²) in [6, 6.07) is 19.2. The minimum atomic E-state index is -4.77. The van der Waals surface area contributed by atoms with Crippen molar-refractivity contribution in [3.8, 4) is 22.8 Å². The van der Waals surface area contributed by atoms with Crippen LogP contribution in [-0.4, -0.2) is 51.0 Å². The van der Waals surface area contributed by atoms with Crippen LogP contribution in [0.3, 0.4) is 0 Å². The van der Waals surface area contributed by atoms with Gasteiger partial charge in [-0.2, -0.15) is 4.99 Å². The molecule has 3 aromatic carbocycles. The number of rotatable bonds is 6. The molecule has 1 fully saturated rings. The van der Waals surface area contributed by atoms with E-state index in [-0.39, 0.29) is 23.3 Å². The van der Waals surface area contributed by atoms with E-state index in [1.54, 1.807) is 31.3 Å². The van der Waals surface area contributed by atoms with E-state index in [9.17, 15) is 22.8 Å². The number of benzene rings is 3. The van der Waals surface area contributed by atoms with Gasteiger partial charge < -0.3 is 4.74 Å². The third-order valence-corrected chi connectivity index (χ3v) is 7.31. The molecular weight excluding hydrogens is 569 g/mol. The second-order valence-electron chi connectivity index (χ2n) is 9.57. The number of thioether (sulfide) groups is 1. The molecule has 1 aromatic heterocycles. The molecule has 13 heteroatoms. The van der Waals surface area contributed by atoms with Crippen molar-refractivity contribution in [2.24, 2.45) is 4.99 Å². The molecule has 1 saturated heterocycles. The highest BCUT2D eigenvalue weighted by molar-refractivity contribution is 8.15. The molecule has 1 aliphatic rings. The van der Waals surface area contributed by atoms with Crippen LogP contribution in [0.5, 0.6) is 5.75 Å². The fourth-order valence-corrected chi connectivity index (χ4v) is 5.14. The molecule has 0 saturated carbocycles. The van der Waals surface area contributed by atoms with Crippen LogP contribution in [0.25, 0.3) is 17.1 Å². The maximum Gasteiger partial charge on any atom is 0.573 e. The zero-order valence-corrected chi connectivity index (χ0v) is 23.6. The zero-order chi connectivity index (χ0) is 30.0. The van der Waals surface area contributed by atoms with E-state index in [4.69, 9.17) is 0 Å². The molecule has 0 radical (unpaired) electrons. The maximum atomic E-state index is 13.1. The Hall–Kier alpha value is -4.65. The number of amidine groups is 1. The number of hydrogen-bond acceptors (Lipinski definition) is 6. The number of aliphatic imine (C=N–C) groups is 1. The number of halogens is 3. The van der Waals surface area contributed by atoms with Gasteiger partial charge in [-0.3, -0.25) is 14.6 Å². The summed E-state index contributed by atoms with van der Waals surface area (Å²) in [5, 5.41) is 4.72. The monoisotopic (exact) mass is 594 g/mol. The molecule has 0 atom stereocenters. The summed E-state index contributed by atoms with van der Waals surface area (Å²) in [6.07, 6.45) is -3.33. The topological polar surface area (TPSA) is 92.9 Å². The van der Waals surface area contributed by atoms with Crippen molar-refractivity contribution >= 4 is 40.2 Å². The van der Waals surface area contributed by atoms with Crippen molar-refractivity contribution in [2.75, 3.05) is 22.6 Å². The van der Waals surface area contributed by atoms with Crippen LogP contribution >= 0.6 is 11.8 Å². The number of amides is 3. The molecule has 4 aromatic rings. The van der Waals surface area contributed by atoms with Crippen LogP contribution < -0.4 is 14.5 Å². The van der Waals surface area contributed by atoms with Crippen molar-refractivity contribution in [1.82, 2.24) is 14.8 Å². The maximum absolute atomic E-state index is 13.1. The highest BCUT2D eigenvalue weighted by Gasteiger charge is 2.33.